The zero-order chi connectivity index (χ0) is 16.7. The van der Waals surface area contributed by atoms with Gasteiger partial charge < -0.3 is 10.2 Å². The third-order valence-electron chi connectivity index (χ3n) is 3.63. The van der Waals surface area contributed by atoms with E-state index in [1.165, 1.54) is 0 Å². The molecule has 2 aromatic rings. The first-order valence-corrected chi connectivity index (χ1v) is 7.61. The number of nitrogens with one attached hydrogen (secondary N) is 1. The van der Waals surface area contributed by atoms with E-state index >= 15 is 0 Å². The van der Waals surface area contributed by atoms with Crippen molar-refractivity contribution in [1.29, 1.82) is 5.26 Å². The molecule has 0 bridgehead atoms. The summed E-state index contributed by atoms with van der Waals surface area (Å²) in [6.45, 7) is 2.44. The Morgan fingerprint density at radius 1 is 1.13 bits per heavy atom. The van der Waals surface area contributed by atoms with Gasteiger partial charge in [-0.15, -0.1) is 0 Å². The van der Waals surface area contributed by atoms with E-state index < -0.39 is 0 Å². The van der Waals surface area contributed by atoms with Gasteiger partial charge in [0.15, 0.2) is 0 Å². The summed E-state index contributed by atoms with van der Waals surface area (Å²) in [4.78, 5) is 14.2. The third kappa shape index (κ3) is 4.86. The Morgan fingerprint density at radius 3 is 2.39 bits per heavy atom. The third-order valence-corrected chi connectivity index (χ3v) is 3.63. The summed E-state index contributed by atoms with van der Waals surface area (Å²) in [6, 6.07) is 19.3. The van der Waals surface area contributed by atoms with Gasteiger partial charge in [-0.25, -0.2) is 0 Å². The summed E-state index contributed by atoms with van der Waals surface area (Å²) in [5.74, 6) is 0.0370. The normalized spacial score (nSPS) is 11.3. The Labute approximate surface area is 137 Å². The Bertz CT molecular complexity index is 674. The van der Waals surface area contributed by atoms with Crippen LogP contribution in [0.15, 0.2) is 54.6 Å². The second-order valence-corrected chi connectivity index (χ2v) is 5.58. The van der Waals surface area contributed by atoms with E-state index in [1.54, 1.807) is 4.90 Å². The zero-order valence-electron chi connectivity index (χ0n) is 13.5. The Hall–Kier alpha value is -2.80. The molecule has 4 nitrogen and oxygen atoms in total. The first-order valence-electron chi connectivity index (χ1n) is 7.61. The number of anilines is 1. The lowest BCUT2D eigenvalue weighted by Crippen LogP contribution is -2.38. The predicted molar refractivity (Wildman–Crippen MR) is 91.8 cm³/mol. The number of nitrogens with zero attached hydrogens (tertiary/aromatic N) is 2. The molecule has 0 aliphatic heterocycles. The number of carbonyl (C=O) groups is 1. The minimum absolute atomic E-state index is 0.0370. The van der Waals surface area contributed by atoms with Crippen LogP contribution in [0.1, 0.15) is 18.1 Å². The van der Waals surface area contributed by atoms with Gasteiger partial charge in [0.1, 0.15) is 6.04 Å². The van der Waals surface area contributed by atoms with Crippen molar-refractivity contribution in [2.45, 2.75) is 25.9 Å². The van der Waals surface area contributed by atoms with Crippen LogP contribution in [0.3, 0.4) is 0 Å². The molecule has 1 atom stereocenters. The highest BCUT2D eigenvalue weighted by Gasteiger charge is 2.17. The Balaban J connectivity index is 1.92. The van der Waals surface area contributed by atoms with Crippen molar-refractivity contribution >= 4 is 11.6 Å². The molecule has 1 amide bonds. The summed E-state index contributed by atoms with van der Waals surface area (Å²) >= 11 is 0. The molecule has 0 aliphatic rings. The van der Waals surface area contributed by atoms with Gasteiger partial charge in [-0.3, -0.25) is 4.79 Å². The van der Waals surface area contributed by atoms with Crippen LogP contribution in [0.2, 0.25) is 0 Å². The molecular formula is C19H21N3O. The van der Waals surface area contributed by atoms with Crippen molar-refractivity contribution in [1.82, 2.24) is 4.90 Å². The van der Waals surface area contributed by atoms with E-state index in [0.29, 0.717) is 13.0 Å². The molecule has 1 N–H and O–H groups in total. The molecule has 118 valence electrons. The molecular weight excluding hydrogens is 286 g/mol. The van der Waals surface area contributed by atoms with E-state index in [1.807, 2.05) is 68.6 Å². The predicted octanol–water partition coefficient (Wildman–Crippen LogP) is 3.21. The molecule has 0 fully saturated rings. The van der Waals surface area contributed by atoms with E-state index in [9.17, 15) is 4.79 Å². The average Bonchev–Trinajstić information content (AvgIpc) is 2.57. The fraction of sp³-hybridized carbons (Fsp3) is 0.263. The number of benzene rings is 2. The van der Waals surface area contributed by atoms with Crippen LogP contribution < -0.4 is 5.32 Å². The van der Waals surface area contributed by atoms with E-state index in [2.05, 4.69) is 11.4 Å². The smallest absolute Gasteiger partial charge is 0.244 e. The summed E-state index contributed by atoms with van der Waals surface area (Å²) < 4.78 is 0. The van der Waals surface area contributed by atoms with Crippen LogP contribution in [0.4, 0.5) is 5.69 Å². The maximum Gasteiger partial charge on any atom is 0.244 e. The summed E-state index contributed by atoms with van der Waals surface area (Å²) in [5, 5.41) is 11.9. The van der Waals surface area contributed by atoms with Crippen LogP contribution in [0.5, 0.6) is 0 Å². The SMILES string of the molecule is CC(Nc1ccc(CC#N)cc1)C(=O)N(C)Cc1ccccc1. The second-order valence-electron chi connectivity index (χ2n) is 5.58. The van der Waals surface area contributed by atoms with Gasteiger partial charge in [0, 0.05) is 19.3 Å². The minimum atomic E-state index is -0.314. The van der Waals surface area contributed by atoms with Crippen molar-refractivity contribution in [3.05, 3.63) is 65.7 Å². The molecule has 1 unspecified atom stereocenters. The molecule has 4 heteroatoms. The topological polar surface area (TPSA) is 56.1 Å². The maximum atomic E-state index is 12.4. The van der Waals surface area contributed by atoms with E-state index in [4.69, 9.17) is 5.26 Å². The fourth-order valence-corrected chi connectivity index (χ4v) is 2.39. The molecule has 0 saturated carbocycles. The highest BCUT2D eigenvalue weighted by Crippen LogP contribution is 2.12. The number of hydrogen-bond donors (Lipinski definition) is 1. The van der Waals surface area contributed by atoms with Gasteiger partial charge in [0.25, 0.3) is 0 Å². The molecule has 0 aromatic heterocycles. The van der Waals surface area contributed by atoms with Crippen LogP contribution in [0, 0.1) is 11.3 Å². The average molecular weight is 307 g/mol. The monoisotopic (exact) mass is 307 g/mol. The van der Waals surface area contributed by atoms with Crippen molar-refractivity contribution in [2.24, 2.45) is 0 Å². The zero-order valence-corrected chi connectivity index (χ0v) is 13.5. The highest BCUT2D eigenvalue weighted by molar-refractivity contribution is 5.84. The van der Waals surface area contributed by atoms with Crippen LogP contribution in [-0.4, -0.2) is 23.9 Å². The van der Waals surface area contributed by atoms with E-state index in [-0.39, 0.29) is 11.9 Å². The van der Waals surface area contributed by atoms with Gasteiger partial charge >= 0.3 is 0 Å². The number of likely N-dealkylation sites (N-methyl/N-ethyl adjacent to an activating group) is 1. The van der Waals surface area contributed by atoms with Crippen molar-refractivity contribution in [3.8, 4) is 6.07 Å². The molecule has 0 saturated heterocycles. The van der Waals surface area contributed by atoms with Gasteiger partial charge in [0.05, 0.1) is 12.5 Å². The van der Waals surface area contributed by atoms with Crippen LogP contribution >= 0.6 is 0 Å². The molecule has 0 radical (unpaired) electrons. The number of amides is 1. The molecule has 0 heterocycles. The maximum absolute atomic E-state index is 12.4. The van der Waals surface area contributed by atoms with Gasteiger partial charge in [-0.05, 0) is 30.2 Å². The lowest BCUT2D eigenvalue weighted by Gasteiger charge is -2.23. The largest absolute Gasteiger partial charge is 0.374 e. The molecule has 0 spiro atoms. The minimum Gasteiger partial charge on any atom is -0.374 e. The van der Waals surface area contributed by atoms with Crippen molar-refractivity contribution in [2.75, 3.05) is 12.4 Å². The molecule has 2 aromatic carbocycles. The van der Waals surface area contributed by atoms with Gasteiger partial charge in [0.2, 0.25) is 5.91 Å². The quantitative estimate of drug-likeness (QED) is 0.891. The van der Waals surface area contributed by atoms with Gasteiger partial charge in [-0.2, -0.15) is 5.26 Å². The fourth-order valence-electron chi connectivity index (χ4n) is 2.39. The second kappa shape index (κ2) is 8.00. The lowest BCUT2D eigenvalue weighted by molar-refractivity contribution is -0.130. The standard InChI is InChI=1S/C19H21N3O/c1-15(21-18-10-8-16(9-11-18)12-13-20)19(23)22(2)14-17-6-4-3-5-7-17/h3-11,15,21H,12,14H2,1-2H3. The Morgan fingerprint density at radius 2 is 1.78 bits per heavy atom. The summed E-state index contributed by atoms with van der Waals surface area (Å²) in [7, 11) is 1.81. The Kier molecular flexibility index (Phi) is 5.76. The van der Waals surface area contributed by atoms with Gasteiger partial charge in [-0.1, -0.05) is 42.5 Å². The summed E-state index contributed by atoms with van der Waals surface area (Å²) in [6.07, 6.45) is 0.397. The molecule has 2 rings (SSSR count). The van der Waals surface area contributed by atoms with E-state index in [0.717, 1.165) is 16.8 Å². The van der Waals surface area contributed by atoms with Crippen LogP contribution in [-0.2, 0) is 17.8 Å². The first kappa shape index (κ1) is 16.6. The number of carbonyl (C=O) groups excluding carboxylic acids is 1. The summed E-state index contributed by atoms with van der Waals surface area (Å²) in [5.41, 5.74) is 2.95. The van der Waals surface area contributed by atoms with Crippen molar-refractivity contribution < 1.29 is 4.79 Å². The van der Waals surface area contributed by atoms with Crippen molar-refractivity contribution in [3.63, 3.8) is 0 Å². The number of nitriles is 1. The van der Waals surface area contributed by atoms with Crippen LogP contribution in [0.25, 0.3) is 0 Å². The number of rotatable bonds is 6. The highest BCUT2D eigenvalue weighted by atomic mass is 16.2. The lowest BCUT2D eigenvalue weighted by atomic mass is 10.1. The first-order chi connectivity index (χ1) is 11.1. The molecule has 0 aliphatic carbocycles. The molecule has 23 heavy (non-hydrogen) atoms. The number of hydrogen-bond acceptors (Lipinski definition) is 3.